The number of esters is 1. The van der Waals surface area contributed by atoms with Gasteiger partial charge in [0.2, 0.25) is 0 Å². The van der Waals surface area contributed by atoms with Gasteiger partial charge in [0, 0.05) is 13.3 Å². The number of hydrogen-bond donors (Lipinski definition) is 0. The number of carbonyl (C=O) groups excluding carboxylic acids is 1. The maximum Gasteiger partial charge on any atom is 0.303 e. The molecule has 1 rings (SSSR count). The predicted molar refractivity (Wildman–Crippen MR) is 64.6 cm³/mol. The standard InChI is InChI=1S/C14H18O2/c1-11(2)8-9-14(16-12(3)15)10-13-6-4-5-7-13/h4,6,13-14H,1,5,7,10H2,2-3H3. The van der Waals surface area contributed by atoms with Gasteiger partial charge >= 0.3 is 5.97 Å². The fourth-order valence-corrected chi connectivity index (χ4v) is 1.71. The van der Waals surface area contributed by atoms with Crippen LogP contribution in [0.5, 0.6) is 0 Å². The van der Waals surface area contributed by atoms with E-state index in [0.717, 1.165) is 24.8 Å². The molecule has 0 radical (unpaired) electrons. The van der Waals surface area contributed by atoms with Gasteiger partial charge in [-0.3, -0.25) is 4.79 Å². The van der Waals surface area contributed by atoms with Crippen molar-refractivity contribution < 1.29 is 9.53 Å². The van der Waals surface area contributed by atoms with E-state index in [4.69, 9.17) is 4.74 Å². The van der Waals surface area contributed by atoms with Crippen LogP contribution in [0.2, 0.25) is 0 Å². The van der Waals surface area contributed by atoms with Crippen LogP contribution >= 0.6 is 0 Å². The molecule has 0 spiro atoms. The number of rotatable bonds is 3. The lowest BCUT2D eigenvalue weighted by atomic mass is 10.0. The molecule has 0 aliphatic heterocycles. The highest BCUT2D eigenvalue weighted by molar-refractivity contribution is 5.66. The molecule has 1 aliphatic rings. The van der Waals surface area contributed by atoms with E-state index in [9.17, 15) is 4.79 Å². The second-order valence-corrected chi connectivity index (χ2v) is 4.15. The van der Waals surface area contributed by atoms with Gasteiger partial charge in [0.25, 0.3) is 0 Å². The third kappa shape index (κ3) is 4.84. The Labute approximate surface area is 97.4 Å². The Balaban J connectivity index is 2.56. The first kappa shape index (κ1) is 12.6. The van der Waals surface area contributed by atoms with Crippen LogP contribution in [-0.4, -0.2) is 12.1 Å². The second-order valence-electron chi connectivity index (χ2n) is 4.15. The smallest absolute Gasteiger partial charge is 0.303 e. The monoisotopic (exact) mass is 218 g/mol. The molecule has 0 amide bonds. The van der Waals surface area contributed by atoms with Gasteiger partial charge in [0.1, 0.15) is 0 Å². The molecule has 2 nitrogen and oxygen atoms in total. The fourth-order valence-electron chi connectivity index (χ4n) is 1.71. The van der Waals surface area contributed by atoms with Crippen LogP contribution in [0.4, 0.5) is 0 Å². The molecule has 0 aromatic heterocycles. The maximum absolute atomic E-state index is 10.9. The summed E-state index contributed by atoms with van der Waals surface area (Å²) in [5.74, 6) is 6.04. The van der Waals surface area contributed by atoms with E-state index in [1.165, 1.54) is 6.92 Å². The molecule has 0 aromatic carbocycles. The summed E-state index contributed by atoms with van der Waals surface area (Å²) < 4.78 is 5.18. The molecular weight excluding hydrogens is 200 g/mol. The molecule has 2 unspecified atom stereocenters. The van der Waals surface area contributed by atoms with Crippen molar-refractivity contribution in [2.45, 2.75) is 39.2 Å². The first-order valence-electron chi connectivity index (χ1n) is 5.59. The summed E-state index contributed by atoms with van der Waals surface area (Å²) in [6, 6.07) is 0. The minimum atomic E-state index is -0.304. The Morgan fingerprint density at radius 3 is 2.88 bits per heavy atom. The summed E-state index contributed by atoms with van der Waals surface area (Å²) in [5.41, 5.74) is 0.791. The number of allylic oxidation sites excluding steroid dienone is 3. The second kappa shape index (κ2) is 6.17. The summed E-state index contributed by atoms with van der Waals surface area (Å²) in [6.07, 6.45) is 7.08. The molecule has 86 valence electrons. The summed E-state index contributed by atoms with van der Waals surface area (Å²) in [6.45, 7) is 6.97. The van der Waals surface area contributed by atoms with E-state index < -0.39 is 0 Å². The van der Waals surface area contributed by atoms with Crippen molar-refractivity contribution in [3.63, 3.8) is 0 Å². The van der Waals surface area contributed by atoms with Gasteiger partial charge in [-0.2, -0.15) is 0 Å². The normalized spacial score (nSPS) is 19.8. The SMILES string of the molecule is C=C(C)C#CC(CC1C=CCC1)OC(C)=O. The van der Waals surface area contributed by atoms with E-state index in [1.807, 2.05) is 6.92 Å². The average Bonchev–Trinajstić information content (AvgIpc) is 2.66. The summed E-state index contributed by atoms with van der Waals surface area (Å²) in [5, 5.41) is 0. The number of ether oxygens (including phenoxy) is 1. The Bertz CT molecular complexity index is 355. The largest absolute Gasteiger partial charge is 0.449 e. The Morgan fingerprint density at radius 2 is 2.38 bits per heavy atom. The van der Waals surface area contributed by atoms with Crippen LogP contribution in [0.15, 0.2) is 24.3 Å². The van der Waals surface area contributed by atoms with Gasteiger partial charge in [-0.1, -0.05) is 30.6 Å². The van der Waals surface area contributed by atoms with Crippen molar-refractivity contribution in [3.05, 3.63) is 24.3 Å². The third-order valence-electron chi connectivity index (χ3n) is 2.38. The van der Waals surface area contributed by atoms with E-state index in [0.29, 0.717) is 5.92 Å². The molecule has 2 heteroatoms. The molecule has 2 atom stereocenters. The van der Waals surface area contributed by atoms with Gasteiger partial charge < -0.3 is 4.74 Å². The Hall–Kier alpha value is -1.49. The van der Waals surface area contributed by atoms with Gasteiger partial charge in [-0.15, -0.1) is 0 Å². The van der Waals surface area contributed by atoms with Gasteiger partial charge in [-0.25, -0.2) is 0 Å². The van der Waals surface area contributed by atoms with E-state index in [-0.39, 0.29) is 12.1 Å². The van der Waals surface area contributed by atoms with Gasteiger partial charge in [-0.05, 0) is 31.3 Å². The molecule has 0 bridgehead atoms. The summed E-state index contributed by atoms with van der Waals surface area (Å²) >= 11 is 0. The van der Waals surface area contributed by atoms with Crippen molar-refractivity contribution in [2.24, 2.45) is 5.92 Å². The molecular formula is C14H18O2. The topological polar surface area (TPSA) is 26.3 Å². The van der Waals surface area contributed by atoms with E-state index in [1.54, 1.807) is 0 Å². The average molecular weight is 218 g/mol. The summed E-state index contributed by atoms with van der Waals surface area (Å²) in [4.78, 5) is 10.9. The van der Waals surface area contributed by atoms with Crippen LogP contribution in [-0.2, 0) is 9.53 Å². The molecule has 16 heavy (non-hydrogen) atoms. The lowest BCUT2D eigenvalue weighted by Crippen LogP contribution is -2.17. The van der Waals surface area contributed by atoms with Crippen LogP contribution < -0.4 is 0 Å². The number of hydrogen-bond acceptors (Lipinski definition) is 2. The van der Waals surface area contributed by atoms with E-state index >= 15 is 0 Å². The molecule has 1 aliphatic carbocycles. The maximum atomic E-state index is 10.9. The van der Waals surface area contributed by atoms with E-state index in [2.05, 4.69) is 30.6 Å². The highest BCUT2D eigenvalue weighted by atomic mass is 16.5. The number of carbonyl (C=O) groups is 1. The van der Waals surface area contributed by atoms with Crippen molar-refractivity contribution in [2.75, 3.05) is 0 Å². The molecule has 0 heterocycles. The third-order valence-corrected chi connectivity index (χ3v) is 2.38. The lowest BCUT2D eigenvalue weighted by Gasteiger charge is -2.14. The van der Waals surface area contributed by atoms with Gasteiger partial charge in [0.05, 0.1) is 0 Å². The van der Waals surface area contributed by atoms with Crippen LogP contribution in [0.3, 0.4) is 0 Å². The first-order chi connectivity index (χ1) is 7.58. The summed E-state index contributed by atoms with van der Waals surface area (Å²) in [7, 11) is 0. The zero-order chi connectivity index (χ0) is 12.0. The van der Waals surface area contributed by atoms with Crippen LogP contribution in [0.25, 0.3) is 0 Å². The predicted octanol–water partition coefficient (Wildman–Crippen LogP) is 2.85. The van der Waals surface area contributed by atoms with Crippen molar-refractivity contribution in [3.8, 4) is 11.8 Å². The fraction of sp³-hybridized carbons (Fsp3) is 0.500. The molecule has 0 fully saturated rings. The highest BCUT2D eigenvalue weighted by Gasteiger charge is 2.17. The lowest BCUT2D eigenvalue weighted by molar-refractivity contribution is -0.144. The van der Waals surface area contributed by atoms with Gasteiger partial charge in [0.15, 0.2) is 6.10 Å². The molecule has 0 saturated heterocycles. The van der Waals surface area contributed by atoms with Crippen LogP contribution in [0, 0.1) is 17.8 Å². The molecule has 0 aromatic rings. The zero-order valence-electron chi connectivity index (χ0n) is 9.95. The minimum Gasteiger partial charge on any atom is -0.449 e. The van der Waals surface area contributed by atoms with Crippen molar-refractivity contribution in [1.29, 1.82) is 0 Å². The first-order valence-corrected chi connectivity index (χ1v) is 5.59. The minimum absolute atomic E-state index is 0.275. The Kier molecular flexibility index (Phi) is 4.85. The molecule has 0 N–H and O–H groups in total. The zero-order valence-corrected chi connectivity index (χ0v) is 9.95. The highest BCUT2D eigenvalue weighted by Crippen LogP contribution is 2.22. The van der Waals surface area contributed by atoms with Crippen molar-refractivity contribution in [1.82, 2.24) is 0 Å². The van der Waals surface area contributed by atoms with Crippen LogP contribution in [0.1, 0.15) is 33.1 Å². The van der Waals surface area contributed by atoms with Crippen molar-refractivity contribution >= 4 is 5.97 Å². The molecule has 0 saturated carbocycles. The Morgan fingerprint density at radius 1 is 1.62 bits per heavy atom. The quantitative estimate of drug-likeness (QED) is 0.413.